The van der Waals surface area contributed by atoms with E-state index in [0.717, 1.165) is 24.0 Å². The quantitative estimate of drug-likeness (QED) is 0.746. The van der Waals surface area contributed by atoms with Gasteiger partial charge >= 0.3 is 0 Å². The molecule has 1 aliphatic carbocycles. The minimum absolute atomic E-state index is 0.765. The van der Waals surface area contributed by atoms with Gasteiger partial charge in [0, 0.05) is 18.1 Å². The Morgan fingerprint density at radius 3 is 2.56 bits per heavy atom. The molecule has 1 aliphatic heterocycles. The average molecular weight is 224 g/mol. The molecule has 2 rings (SSSR count). The minimum atomic E-state index is 0.765. The number of hydrogen-bond donors (Lipinski definition) is 1. The summed E-state index contributed by atoms with van der Waals surface area (Å²) in [6.45, 7) is 9.70. The summed E-state index contributed by atoms with van der Waals surface area (Å²) in [6, 6.07) is 2.48. The molecule has 94 valence electrons. The molecule has 16 heavy (non-hydrogen) atoms. The zero-order valence-corrected chi connectivity index (χ0v) is 11.2. The topological polar surface area (TPSA) is 15.3 Å². The summed E-state index contributed by atoms with van der Waals surface area (Å²) < 4.78 is 0. The van der Waals surface area contributed by atoms with Gasteiger partial charge in [0.05, 0.1) is 0 Å². The summed E-state index contributed by atoms with van der Waals surface area (Å²) in [5, 5.41) is 3.63. The highest BCUT2D eigenvalue weighted by Crippen LogP contribution is 2.26. The third kappa shape index (κ3) is 3.21. The van der Waals surface area contributed by atoms with E-state index in [1.165, 1.54) is 45.2 Å². The van der Waals surface area contributed by atoms with Gasteiger partial charge in [-0.3, -0.25) is 4.90 Å². The number of rotatable bonds is 6. The molecule has 0 amide bonds. The van der Waals surface area contributed by atoms with Gasteiger partial charge in [-0.25, -0.2) is 0 Å². The lowest BCUT2D eigenvalue weighted by atomic mass is 10.0. The van der Waals surface area contributed by atoms with Gasteiger partial charge in [-0.2, -0.15) is 0 Å². The molecule has 1 saturated heterocycles. The standard InChI is InChI=1S/C14H28N2/c1-11(2)14-5-4-10-16(14)12(3)8-9-15-13-6-7-13/h11-15H,4-10H2,1-3H3. The first-order chi connectivity index (χ1) is 7.68. The van der Waals surface area contributed by atoms with Gasteiger partial charge in [-0.1, -0.05) is 13.8 Å². The van der Waals surface area contributed by atoms with E-state index in [1.807, 2.05) is 0 Å². The fraction of sp³-hybridized carbons (Fsp3) is 1.00. The number of nitrogens with zero attached hydrogens (tertiary/aromatic N) is 1. The highest BCUT2D eigenvalue weighted by Gasteiger charge is 2.30. The highest BCUT2D eigenvalue weighted by molar-refractivity contribution is 4.86. The summed E-state index contributed by atoms with van der Waals surface area (Å²) in [5.41, 5.74) is 0. The molecule has 0 spiro atoms. The molecule has 2 fully saturated rings. The summed E-state index contributed by atoms with van der Waals surface area (Å²) in [6.07, 6.45) is 6.96. The summed E-state index contributed by atoms with van der Waals surface area (Å²) in [7, 11) is 0. The molecular formula is C14H28N2. The Morgan fingerprint density at radius 2 is 1.94 bits per heavy atom. The van der Waals surface area contributed by atoms with Gasteiger partial charge in [0.25, 0.3) is 0 Å². The van der Waals surface area contributed by atoms with Crippen molar-refractivity contribution in [2.45, 2.75) is 71.0 Å². The Balaban J connectivity index is 1.71. The van der Waals surface area contributed by atoms with Crippen LogP contribution in [0, 0.1) is 5.92 Å². The molecule has 0 bridgehead atoms. The average Bonchev–Trinajstić information content (AvgIpc) is 2.93. The van der Waals surface area contributed by atoms with Crippen LogP contribution in [0.2, 0.25) is 0 Å². The van der Waals surface area contributed by atoms with Crippen molar-refractivity contribution < 1.29 is 0 Å². The van der Waals surface area contributed by atoms with Crippen LogP contribution in [0.4, 0.5) is 0 Å². The van der Waals surface area contributed by atoms with E-state index in [1.54, 1.807) is 0 Å². The van der Waals surface area contributed by atoms with Crippen LogP contribution in [-0.2, 0) is 0 Å². The lowest BCUT2D eigenvalue weighted by molar-refractivity contribution is 0.148. The summed E-state index contributed by atoms with van der Waals surface area (Å²) in [5.74, 6) is 0.821. The van der Waals surface area contributed by atoms with E-state index >= 15 is 0 Å². The van der Waals surface area contributed by atoms with Gasteiger partial charge in [0.2, 0.25) is 0 Å². The van der Waals surface area contributed by atoms with Gasteiger partial charge in [0.15, 0.2) is 0 Å². The maximum Gasteiger partial charge on any atom is 0.0121 e. The molecule has 1 saturated carbocycles. The van der Waals surface area contributed by atoms with E-state index < -0.39 is 0 Å². The Morgan fingerprint density at radius 1 is 1.19 bits per heavy atom. The maximum absolute atomic E-state index is 3.63. The van der Waals surface area contributed by atoms with Gasteiger partial charge < -0.3 is 5.32 Å². The first-order valence-electron chi connectivity index (χ1n) is 7.17. The number of likely N-dealkylation sites (tertiary alicyclic amines) is 1. The zero-order valence-electron chi connectivity index (χ0n) is 11.2. The molecule has 0 radical (unpaired) electrons. The van der Waals surface area contributed by atoms with Crippen LogP contribution >= 0.6 is 0 Å². The molecule has 2 aliphatic rings. The van der Waals surface area contributed by atoms with E-state index in [4.69, 9.17) is 0 Å². The molecule has 0 aromatic carbocycles. The zero-order chi connectivity index (χ0) is 11.5. The molecule has 2 nitrogen and oxygen atoms in total. The lowest BCUT2D eigenvalue weighted by Crippen LogP contribution is -2.41. The third-order valence-corrected chi connectivity index (χ3v) is 4.25. The van der Waals surface area contributed by atoms with Gasteiger partial charge in [-0.15, -0.1) is 0 Å². The Kier molecular flexibility index (Phi) is 4.26. The second-order valence-corrected chi connectivity index (χ2v) is 6.06. The van der Waals surface area contributed by atoms with Crippen LogP contribution in [0.15, 0.2) is 0 Å². The Hall–Kier alpha value is -0.0800. The number of nitrogens with one attached hydrogen (secondary N) is 1. The monoisotopic (exact) mass is 224 g/mol. The normalized spacial score (nSPS) is 28.9. The van der Waals surface area contributed by atoms with E-state index in [9.17, 15) is 0 Å². The second kappa shape index (κ2) is 5.50. The molecular weight excluding hydrogens is 196 g/mol. The predicted octanol–water partition coefficient (Wildman–Crippen LogP) is 2.64. The summed E-state index contributed by atoms with van der Waals surface area (Å²) in [4.78, 5) is 2.75. The van der Waals surface area contributed by atoms with Crippen molar-refractivity contribution in [3.8, 4) is 0 Å². The van der Waals surface area contributed by atoms with Crippen molar-refractivity contribution in [3.63, 3.8) is 0 Å². The largest absolute Gasteiger partial charge is 0.314 e. The molecule has 1 N–H and O–H groups in total. The van der Waals surface area contributed by atoms with Crippen molar-refractivity contribution in [1.29, 1.82) is 0 Å². The molecule has 0 aromatic heterocycles. The molecule has 2 heteroatoms. The number of hydrogen-bond acceptors (Lipinski definition) is 2. The Bertz CT molecular complexity index is 211. The molecule has 1 heterocycles. The molecule has 2 atom stereocenters. The maximum atomic E-state index is 3.63. The van der Waals surface area contributed by atoms with Crippen LogP contribution < -0.4 is 5.32 Å². The van der Waals surface area contributed by atoms with Crippen LogP contribution in [0.5, 0.6) is 0 Å². The van der Waals surface area contributed by atoms with E-state index in [0.29, 0.717) is 0 Å². The van der Waals surface area contributed by atoms with Crippen molar-refractivity contribution >= 4 is 0 Å². The summed E-state index contributed by atoms with van der Waals surface area (Å²) >= 11 is 0. The Labute approximate surface area is 101 Å². The van der Waals surface area contributed by atoms with Gasteiger partial charge in [-0.05, 0) is 58.0 Å². The van der Waals surface area contributed by atoms with Crippen molar-refractivity contribution in [1.82, 2.24) is 10.2 Å². The second-order valence-electron chi connectivity index (χ2n) is 6.06. The fourth-order valence-corrected chi connectivity index (χ4v) is 3.03. The SMILES string of the molecule is CC(C)C1CCCN1C(C)CCNC1CC1. The highest BCUT2D eigenvalue weighted by atomic mass is 15.2. The lowest BCUT2D eigenvalue weighted by Gasteiger charge is -2.33. The predicted molar refractivity (Wildman–Crippen MR) is 69.7 cm³/mol. The van der Waals surface area contributed by atoms with E-state index in [-0.39, 0.29) is 0 Å². The van der Waals surface area contributed by atoms with Crippen molar-refractivity contribution in [2.24, 2.45) is 5.92 Å². The van der Waals surface area contributed by atoms with Crippen LogP contribution in [0.3, 0.4) is 0 Å². The molecule has 0 aromatic rings. The van der Waals surface area contributed by atoms with E-state index in [2.05, 4.69) is 31.0 Å². The smallest absolute Gasteiger partial charge is 0.0121 e. The first kappa shape index (κ1) is 12.4. The van der Waals surface area contributed by atoms with Crippen LogP contribution in [0.1, 0.15) is 52.9 Å². The fourth-order valence-electron chi connectivity index (χ4n) is 3.03. The van der Waals surface area contributed by atoms with Gasteiger partial charge in [0.1, 0.15) is 0 Å². The van der Waals surface area contributed by atoms with Crippen LogP contribution in [0.25, 0.3) is 0 Å². The third-order valence-electron chi connectivity index (χ3n) is 4.25. The first-order valence-corrected chi connectivity index (χ1v) is 7.17. The molecule has 2 unspecified atom stereocenters. The van der Waals surface area contributed by atoms with Crippen LogP contribution in [-0.4, -0.2) is 36.1 Å². The minimum Gasteiger partial charge on any atom is -0.314 e. The van der Waals surface area contributed by atoms with Crippen molar-refractivity contribution in [3.05, 3.63) is 0 Å². The van der Waals surface area contributed by atoms with Crippen molar-refractivity contribution in [2.75, 3.05) is 13.1 Å².